The fourth-order valence-electron chi connectivity index (χ4n) is 13.0. The molecule has 6 fully saturated rings. The topological polar surface area (TPSA) is 70.0 Å². The number of ether oxygens (including phenoxy) is 1. The lowest BCUT2D eigenvalue weighted by Crippen LogP contribution is -2.59. The number of hydrogen-bond acceptors (Lipinski definition) is 4. The first-order valence-electron chi connectivity index (χ1n) is 16.8. The summed E-state index contributed by atoms with van der Waals surface area (Å²) in [5, 5.41) is 23.4. The first-order valence-corrected chi connectivity index (χ1v) is 16.8. The quantitative estimate of drug-likeness (QED) is 0.415. The lowest BCUT2D eigenvalue weighted by Gasteiger charge is -2.63. The summed E-state index contributed by atoms with van der Waals surface area (Å²) in [5.74, 6) is 0.0542. The molecule has 1 saturated heterocycles. The Balaban J connectivity index is 1.15. The van der Waals surface area contributed by atoms with Crippen molar-refractivity contribution in [1.29, 1.82) is 0 Å². The van der Waals surface area contributed by atoms with Crippen LogP contribution in [0.25, 0.3) is 0 Å². The van der Waals surface area contributed by atoms with Crippen LogP contribution in [0.1, 0.15) is 98.5 Å². The minimum absolute atomic E-state index is 0.0446. The molecule has 0 bridgehead atoms. The number of halogens is 2. The molecule has 1 heterocycles. The van der Waals surface area contributed by atoms with Crippen LogP contribution in [0.4, 0.5) is 8.78 Å². The lowest BCUT2D eigenvalue weighted by molar-refractivity contribution is -0.182. The average molecular weight is 600 g/mol. The summed E-state index contributed by atoms with van der Waals surface area (Å²) < 4.78 is 34.6. The molecule has 238 valence electrons. The third-order valence-electron chi connectivity index (χ3n) is 15.0. The zero-order chi connectivity index (χ0) is 30.9. The maximum atomic E-state index is 13.9. The molecule has 6 aliphatic rings. The molecule has 0 aromatic heterocycles. The summed E-state index contributed by atoms with van der Waals surface area (Å²) in [6.07, 6.45) is 7.19. The molecule has 2 spiro atoms. The van der Waals surface area contributed by atoms with Crippen LogP contribution in [0.3, 0.4) is 0 Å². The molecule has 1 aliphatic heterocycles. The molecule has 7 unspecified atom stereocenters. The van der Waals surface area contributed by atoms with Gasteiger partial charge in [0.25, 0.3) is 0 Å². The molecule has 7 rings (SSSR count). The maximum absolute atomic E-state index is 13.9. The van der Waals surface area contributed by atoms with Crippen LogP contribution < -0.4 is 0 Å². The molecule has 1 amide bonds. The lowest BCUT2D eigenvalue weighted by atomic mass is 9.41. The van der Waals surface area contributed by atoms with Crippen molar-refractivity contribution >= 4 is 5.91 Å². The Hall–Kier alpha value is -1.57. The Kier molecular flexibility index (Phi) is 6.64. The Bertz CT molecular complexity index is 1300. The van der Waals surface area contributed by atoms with E-state index in [1.54, 1.807) is 4.90 Å². The van der Waals surface area contributed by atoms with Gasteiger partial charge in [0.1, 0.15) is 11.6 Å². The van der Waals surface area contributed by atoms with Gasteiger partial charge in [0.2, 0.25) is 5.91 Å². The standard InChI is InChI=1S/C36H51F2NO4/c1-20-13-25(18-39(21(2)40)17-22-14-23(37)16-24(38)15-22)43-30-29(20)33(5)11-12-36-19-35(36)10-9-28(41)32(3,4)26(35)7-8-27(36)34(33,6)31(30)42/h14-16,20,25-31,41-42H,7-13,17-19H2,1-6H3/t20-,25?,26+,27?,28?,29+,30?,31+,33?,34-,35?,36?/m1/s1. The van der Waals surface area contributed by atoms with Crippen molar-refractivity contribution in [2.24, 2.45) is 50.7 Å². The van der Waals surface area contributed by atoms with Gasteiger partial charge in [-0.05, 0) is 114 Å². The molecule has 5 nitrogen and oxygen atoms in total. The Morgan fingerprint density at radius 2 is 1.63 bits per heavy atom. The summed E-state index contributed by atoms with van der Waals surface area (Å²) in [5.41, 5.74) is 0.587. The van der Waals surface area contributed by atoms with E-state index >= 15 is 0 Å². The van der Waals surface area contributed by atoms with E-state index in [1.165, 1.54) is 31.9 Å². The van der Waals surface area contributed by atoms with Gasteiger partial charge in [-0.15, -0.1) is 0 Å². The van der Waals surface area contributed by atoms with Crippen molar-refractivity contribution in [1.82, 2.24) is 4.90 Å². The largest absolute Gasteiger partial charge is 0.393 e. The second-order valence-electron chi connectivity index (χ2n) is 16.8. The van der Waals surface area contributed by atoms with E-state index in [0.717, 1.165) is 44.6 Å². The molecule has 1 aromatic carbocycles. The number of carbonyl (C=O) groups is 1. The number of hydrogen-bond donors (Lipinski definition) is 2. The Morgan fingerprint density at radius 1 is 0.977 bits per heavy atom. The SMILES string of the molecule is CC(=O)N(Cc1cc(F)cc(F)c1)CC1C[C@@H](C)[C@H]2C(O1)[C@H](O)[C@@]1(C)C3CC[C@H]4C(C)(C)C(O)CCC45CC35CCC21C. The Labute approximate surface area is 255 Å². The molecular weight excluding hydrogens is 548 g/mol. The zero-order valence-electron chi connectivity index (χ0n) is 26.8. The molecular formula is C36H51F2NO4. The number of nitrogens with zero attached hydrogens (tertiary/aromatic N) is 1. The van der Waals surface area contributed by atoms with Crippen molar-refractivity contribution in [3.63, 3.8) is 0 Å². The minimum Gasteiger partial charge on any atom is -0.393 e. The summed E-state index contributed by atoms with van der Waals surface area (Å²) >= 11 is 0. The molecule has 43 heavy (non-hydrogen) atoms. The predicted molar refractivity (Wildman–Crippen MR) is 160 cm³/mol. The molecule has 7 heteroatoms. The number of fused-ring (bicyclic) bond motifs is 4. The molecule has 5 saturated carbocycles. The van der Waals surface area contributed by atoms with E-state index in [9.17, 15) is 23.8 Å². The summed E-state index contributed by atoms with van der Waals surface area (Å²) in [4.78, 5) is 14.3. The molecule has 2 N–H and O–H groups in total. The van der Waals surface area contributed by atoms with Crippen LogP contribution in [-0.2, 0) is 16.1 Å². The van der Waals surface area contributed by atoms with E-state index in [0.29, 0.717) is 35.3 Å². The van der Waals surface area contributed by atoms with Gasteiger partial charge < -0.3 is 19.8 Å². The van der Waals surface area contributed by atoms with E-state index < -0.39 is 17.7 Å². The predicted octanol–water partition coefficient (Wildman–Crippen LogP) is 6.49. The number of aliphatic hydroxyl groups excluding tert-OH is 2. The van der Waals surface area contributed by atoms with Crippen molar-refractivity contribution in [3.8, 4) is 0 Å². The summed E-state index contributed by atoms with van der Waals surface area (Å²) in [7, 11) is 0. The van der Waals surface area contributed by atoms with E-state index in [1.807, 2.05) is 0 Å². The van der Waals surface area contributed by atoms with Gasteiger partial charge in [0, 0.05) is 31.5 Å². The van der Waals surface area contributed by atoms with Gasteiger partial charge in [-0.1, -0.05) is 34.6 Å². The average Bonchev–Trinajstić information content (AvgIpc) is 3.55. The van der Waals surface area contributed by atoms with Crippen LogP contribution in [0, 0.1) is 62.4 Å². The highest BCUT2D eigenvalue weighted by molar-refractivity contribution is 5.73. The molecule has 5 aliphatic carbocycles. The zero-order valence-corrected chi connectivity index (χ0v) is 26.8. The molecule has 0 radical (unpaired) electrons. The van der Waals surface area contributed by atoms with Crippen molar-refractivity contribution in [2.45, 2.75) is 124 Å². The second kappa shape index (κ2) is 9.48. The first kappa shape index (κ1) is 30.1. The van der Waals surface area contributed by atoms with Crippen molar-refractivity contribution < 1.29 is 28.5 Å². The van der Waals surface area contributed by atoms with Crippen LogP contribution in [-0.4, -0.2) is 52.0 Å². The normalized spacial score (nSPS) is 49.2. The van der Waals surface area contributed by atoms with Gasteiger partial charge in [0.05, 0.1) is 24.4 Å². The third kappa shape index (κ3) is 3.86. The van der Waals surface area contributed by atoms with E-state index in [-0.39, 0.29) is 58.3 Å². The first-order chi connectivity index (χ1) is 20.1. The van der Waals surface area contributed by atoms with Gasteiger partial charge in [0.15, 0.2) is 0 Å². The number of amides is 1. The van der Waals surface area contributed by atoms with Crippen LogP contribution >= 0.6 is 0 Å². The van der Waals surface area contributed by atoms with Gasteiger partial charge in [-0.2, -0.15) is 0 Å². The van der Waals surface area contributed by atoms with Gasteiger partial charge >= 0.3 is 0 Å². The van der Waals surface area contributed by atoms with Crippen LogP contribution in [0.5, 0.6) is 0 Å². The van der Waals surface area contributed by atoms with Crippen molar-refractivity contribution in [2.75, 3.05) is 6.54 Å². The Morgan fingerprint density at radius 3 is 2.30 bits per heavy atom. The highest BCUT2D eigenvalue weighted by Crippen LogP contribution is 2.89. The molecule has 12 atom stereocenters. The number of rotatable bonds is 4. The summed E-state index contributed by atoms with van der Waals surface area (Å²) in [6, 6.07) is 3.39. The molecule has 1 aromatic rings. The van der Waals surface area contributed by atoms with E-state index in [2.05, 4.69) is 34.6 Å². The van der Waals surface area contributed by atoms with Gasteiger partial charge in [-0.3, -0.25) is 4.79 Å². The fraction of sp³-hybridized carbons (Fsp3) is 0.806. The fourth-order valence-corrected chi connectivity index (χ4v) is 13.0. The minimum atomic E-state index is -0.653. The smallest absolute Gasteiger partial charge is 0.219 e. The van der Waals surface area contributed by atoms with Crippen LogP contribution in [0.2, 0.25) is 0 Å². The van der Waals surface area contributed by atoms with Crippen LogP contribution in [0.15, 0.2) is 18.2 Å². The third-order valence-corrected chi connectivity index (χ3v) is 15.0. The number of aliphatic hydroxyl groups is 2. The van der Waals surface area contributed by atoms with Gasteiger partial charge in [-0.25, -0.2) is 8.78 Å². The number of carbonyl (C=O) groups excluding carboxylic acids is 1. The number of benzene rings is 1. The van der Waals surface area contributed by atoms with E-state index in [4.69, 9.17) is 4.74 Å². The monoisotopic (exact) mass is 599 g/mol. The van der Waals surface area contributed by atoms with Crippen molar-refractivity contribution in [3.05, 3.63) is 35.4 Å². The second-order valence-corrected chi connectivity index (χ2v) is 16.8. The summed E-state index contributed by atoms with van der Waals surface area (Å²) in [6.45, 7) is 13.6. The highest BCUT2D eigenvalue weighted by atomic mass is 19.1. The highest BCUT2D eigenvalue weighted by Gasteiger charge is 2.84. The maximum Gasteiger partial charge on any atom is 0.219 e.